The fourth-order valence-electron chi connectivity index (χ4n) is 2.92. The van der Waals surface area contributed by atoms with Crippen molar-refractivity contribution in [3.63, 3.8) is 0 Å². The van der Waals surface area contributed by atoms with Crippen LogP contribution in [0.25, 0.3) is 12.2 Å². The Morgan fingerprint density at radius 1 is 1.07 bits per heavy atom. The van der Waals surface area contributed by atoms with Crippen LogP contribution in [-0.2, 0) is 0 Å². The van der Waals surface area contributed by atoms with Crippen molar-refractivity contribution in [2.45, 2.75) is 19.5 Å². The lowest BCUT2D eigenvalue weighted by molar-refractivity contribution is -0.384. The van der Waals surface area contributed by atoms with Crippen LogP contribution >= 0.6 is 12.4 Å². The molecule has 8 nitrogen and oxygen atoms in total. The first-order valence-electron chi connectivity index (χ1n) is 8.28. The Morgan fingerprint density at radius 2 is 1.71 bits per heavy atom. The Kier molecular flexibility index (Phi) is 6.05. The molecule has 3 rings (SSSR count). The van der Waals surface area contributed by atoms with E-state index >= 15 is 0 Å². The molecule has 1 aliphatic rings. The standard InChI is InChI=1S/C19H20N6O2.ClH/c1-19(2)23-17(20)22-18(21)24(19)16-5-3-4-14(12-16)7-6-13-8-10-15(11-9-13)25(26)27;/h3-12H,1-2H3,(H4,20,21,22,23);1H/b7-6+;. The molecule has 0 bridgehead atoms. The highest BCUT2D eigenvalue weighted by Crippen LogP contribution is 2.28. The van der Waals surface area contributed by atoms with Crippen molar-refractivity contribution >= 4 is 47.9 Å². The predicted octanol–water partition coefficient (Wildman–Crippen LogP) is 3.37. The molecule has 0 radical (unpaired) electrons. The van der Waals surface area contributed by atoms with Crippen LogP contribution in [0, 0.1) is 10.1 Å². The van der Waals surface area contributed by atoms with Gasteiger partial charge in [-0.1, -0.05) is 24.3 Å². The molecule has 0 aliphatic carbocycles. The number of aliphatic imine (C=N–C) groups is 2. The smallest absolute Gasteiger partial charge is 0.269 e. The molecule has 146 valence electrons. The van der Waals surface area contributed by atoms with Gasteiger partial charge in [0.2, 0.25) is 11.9 Å². The summed E-state index contributed by atoms with van der Waals surface area (Å²) in [6.45, 7) is 3.81. The van der Waals surface area contributed by atoms with E-state index in [-0.39, 0.29) is 30.0 Å². The summed E-state index contributed by atoms with van der Waals surface area (Å²) in [5, 5.41) is 10.7. The minimum Gasteiger partial charge on any atom is -0.369 e. The average molecular weight is 401 g/mol. The second-order valence-corrected chi connectivity index (χ2v) is 6.55. The Hall–Kier alpha value is -3.39. The fourth-order valence-corrected chi connectivity index (χ4v) is 2.92. The predicted molar refractivity (Wildman–Crippen MR) is 116 cm³/mol. The van der Waals surface area contributed by atoms with Crippen molar-refractivity contribution < 1.29 is 4.92 Å². The quantitative estimate of drug-likeness (QED) is 0.462. The minimum atomic E-state index is -0.656. The number of nitro groups is 1. The summed E-state index contributed by atoms with van der Waals surface area (Å²) < 4.78 is 0. The van der Waals surface area contributed by atoms with Crippen LogP contribution < -0.4 is 16.4 Å². The van der Waals surface area contributed by atoms with E-state index in [4.69, 9.17) is 11.5 Å². The highest BCUT2D eigenvalue weighted by atomic mass is 35.5. The third-order valence-electron chi connectivity index (χ3n) is 4.09. The van der Waals surface area contributed by atoms with Crippen molar-refractivity contribution in [2.75, 3.05) is 4.90 Å². The van der Waals surface area contributed by atoms with E-state index in [1.54, 1.807) is 12.1 Å². The number of benzene rings is 2. The van der Waals surface area contributed by atoms with E-state index in [1.165, 1.54) is 12.1 Å². The van der Waals surface area contributed by atoms with Crippen molar-refractivity contribution in [1.82, 2.24) is 0 Å². The van der Waals surface area contributed by atoms with E-state index in [1.807, 2.05) is 55.2 Å². The summed E-state index contributed by atoms with van der Waals surface area (Å²) in [5.74, 6) is 0.437. The van der Waals surface area contributed by atoms with Crippen molar-refractivity contribution in [3.05, 3.63) is 69.8 Å². The van der Waals surface area contributed by atoms with E-state index in [0.717, 1.165) is 16.8 Å². The summed E-state index contributed by atoms with van der Waals surface area (Å²) in [6.07, 6.45) is 3.81. The number of halogens is 1. The number of nitrogens with zero attached hydrogens (tertiary/aromatic N) is 4. The van der Waals surface area contributed by atoms with Gasteiger partial charge in [0.05, 0.1) is 4.92 Å². The number of hydrogen-bond donors (Lipinski definition) is 2. The first-order valence-corrected chi connectivity index (χ1v) is 8.28. The molecule has 2 aromatic rings. The maximum absolute atomic E-state index is 10.7. The van der Waals surface area contributed by atoms with Gasteiger partial charge >= 0.3 is 0 Å². The second-order valence-electron chi connectivity index (χ2n) is 6.55. The topological polar surface area (TPSA) is 123 Å². The normalized spacial score (nSPS) is 15.6. The number of guanidine groups is 2. The molecule has 28 heavy (non-hydrogen) atoms. The summed E-state index contributed by atoms with van der Waals surface area (Å²) in [5.41, 5.74) is 13.8. The van der Waals surface area contributed by atoms with Crippen LogP contribution in [0.15, 0.2) is 58.5 Å². The van der Waals surface area contributed by atoms with Crippen LogP contribution in [0.1, 0.15) is 25.0 Å². The lowest BCUT2D eigenvalue weighted by Crippen LogP contribution is -2.54. The molecular weight excluding hydrogens is 380 g/mol. The second kappa shape index (κ2) is 8.10. The summed E-state index contributed by atoms with van der Waals surface area (Å²) >= 11 is 0. The minimum absolute atomic E-state index is 0. The van der Waals surface area contributed by atoms with Gasteiger partial charge in [-0.05, 0) is 49.2 Å². The summed E-state index contributed by atoms with van der Waals surface area (Å²) in [6, 6.07) is 14.1. The molecule has 0 unspecified atom stereocenters. The Bertz CT molecular complexity index is 967. The molecular formula is C19H21ClN6O2. The number of nitro benzene ring substituents is 1. The van der Waals surface area contributed by atoms with E-state index in [0.29, 0.717) is 0 Å². The molecule has 2 aromatic carbocycles. The maximum Gasteiger partial charge on any atom is 0.269 e. The zero-order valence-electron chi connectivity index (χ0n) is 15.4. The molecule has 1 heterocycles. The van der Waals surface area contributed by atoms with Crippen LogP contribution in [0.2, 0.25) is 0 Å². The van der Waals surface area contributed by atoms with Crippen molar-refractivity contribution in [3.8, 4) is 0 Å². The molecule has 0 saturated carbocycles. The molecule has 9 heteroatoms. The van der Waals surface area contributed by atoms with Crippen LogP contribution in [-0.4, -0.2) is 22.5 Å². The Morgan fingerprint density at radius 3 is 2.32 bits per heavy atom. The van der Waals surface area contributed by atoms with Crippen molar-refractivity contribution in [2.24, 2.45) is 21.5 Å². The molecule has 0 aromatic heterocycles. The lowest BCUT2D eigenvalue weighted by atomic mass is 10.1. The summed E-state index contributed by atoms with van der Waals surface area (Å²) in [7, 11) is 0. The van der Waals surface area contributed by atoms with Gasteiger partial charge in [0.25, 0.3) is 5.69 Å². The van der Waals surface area contributed by atoms with Gasteiger partial charge in [-0.2, -0.15) is 4.99 Å². The van der Waals surface area contributed by atoms with Crippen LogP contribution in [0.3, 0.4) is 0 Å². The SMILES string of the molecule is CC1(C)N=C(N)N=C(N)N1c1cccc(/C=C/c2ccc([N+](=O)[O-])cc2)c1.Cl. The van der Waals surface area contributed by atoms with Crippen molar-refractivity contribution in [1.29, 1.82) is 0 Å². The number of non-ortho nitro benzene ring substituents is 1. The first-order chi connectivity index (χ1) is 12.8. The van der Waals surface area contributed by atoms with Gasteiger partial charge < -0.3 is 11.5 Å². The monoisotopic (exact) mass is 400 g/mol. The molecule has 4 N–H and O–H groups in total. The number of anilines is 1. The van der Waals surface area contributed by atoms with Gasteiger partial charge in [0, 0.05) is 17.8 Å². The third-order valence-corrected chi connectivity index (χ3v) is 4.09. The van der Waals surface area contributed by atoms with Crippen LogP contribution in [0.4, 0.5) is 11.4 Å². The molecule has 0 saturated heterocycles. The molecule has 0 spiro atoms. The zero-order valence-corrected chi connectivity index (χ0v) is 16.3. The summed E-state index contributed by atoms with van der Waals surface area (Å²) in [4.78, 5) is 20.5. The fraction of sp³-hybridized carbons (Fsp3) is 0.158. The van der Waals surface area contributed by atoms with E-state index in [9.17, 15) is 10.1 Å². The molecule has 0 amide bonds. The highest BCUT2D eigenvalue weighted by Gasteiger charge is 2.32. The Labute approximate surface area is 168 Å². The van der Waals surface area contributed by atoms with E-state index < -0.39 is 10.6 Å². The molecule has 0 atom stereocenters. The highest BCUT2D eigenvalue weighted by molar-refractivity contribution is 6.05. The number of hydrogen-bond acceptors (Lipinski definition) is 7. The maximum atomic E-state index is 10.7. The van der Waals surface area contributed by atoms with Crippen LogP contribution in [0.5, 0.6) is 0 Å². The lowest BCUT2D eigenvalue weighted by Gasteiger charge is -2.38. The van der Waals surface area contributed by atoms with Gasteiger partial charge in [0.1, 0.15) is 5.66 Å². The molecule has 0 fully saturated rings. The van der Waals surface area contributed by atoms with Gasteiger partial charge in [-0.25, -0.2) is 4.99 Å². The van der Waals surface area contributed by atoms with Gasteiger partial charge in [-0.15, -0.1) is 12.4 Å². The van der Waals surface area contributed by atoms with Gasteiger partial charge in [-0.3, -0.25) is 15.0 Å². The Balaban J connectivity index is 0.00000280. The first kappa shape index (κ1) is 20.9. The number of nitrogens with two attached hydrogens (primary N) is 2. The zero-order chi connectivity index (χ0) is 19.6. The average Bonchev–Trinajstić information content (AvgIpc) is 2.59. The third kappa shape index (κ3) is 4.47. The number of rotatable bonds is 4. The molecule has 1 aliphatic heterocycles. The largest absolute Gasteiger partial charge is 0.369 e. The van der Waals surface area contributed by atoms with Gasteiger partial charge in [0.15, 0.2) is 0 Å². The van der Waals surface area contributed by atoms with E-state index in [2.05, 4.69) is 9.98 Å².